The molecule has 0 atom stereocenters. The lowest BCUT2D eigenvalue weighted by atomic mass is 10.0. The molecule has 0 aromatic heterocycles. The molecule has 0 fully saturated rings. The highest BCUT2D eigenvalue weighted by Gasteiger charge is 1.97. The van der Waals surface area contributed by atoms with Crippen LogP contribution in [0.3, 0.4) is 0 Å². The first-order chi connectivity index (χ1) is 5.24. The number of nitrogens with one attached hydrogen (secondary N) is 1. The molecule has 0 unspecified atom stereocenters. The van der Waals surface area contributed by atoms with E-state index in [0.717, 1.165) is 0 Å². The zero-order valence-corrected chi connectivity index (χ0v) is 7.39. The van der Waals surface area contributed by atoms with Crippen molar-refractivity contribution in [2.45, 2.75) is 19.8 Å². The number of anilines is 1. The molecule has 0 saturated carbocycles. The van der Waals surface area contributed by atoms with Crippen molar-refractivity contribution < 1.29 is 1.43 Å². The van der Waals surface area contributed by atoms with Crippen molar-refractivity contribution in [3.8, 4) is 0 Å². The predicted octanol–water partition coefficient (Wildman–Crippen LogP) is 3.10. The molecular formula is C10H17N. The third-order valence-corrected chi connectivity index (χ3v) is 1.84. The Morgan fingerprint density at radius 3 is 2.64 bits per heavy atom. The molecule has 0 aliphatic rings. The number of rotatable bonds is 2. The van der Waals surface area contributed by atoms with Gasteiger partial charge in [0, 0.05) is 14.2 Å². The van der Waals surface area contributed by atoms with Crippen molar-refractivity contribution in [1.29, 1.82) is 0 Å². The van der Waals surface area contributed by atoms with Crippen molar-refractivity contribution >= 4 is 5.69 Å². The van der Waals surface area contributed by atoms with E-state index in [-0.39, 0.29) is 1.43 Å². The molecule has 11 heavy (non-hydrogen) atoms. The van der Waals surface area contributed by atoms with Crippen molar-refractivity contribution in [2.24, 2.45) is 0 Å². The van der Waals surface area contributed by atoms with E-state index in [4.69, 9.17) is 0 Å². The highest BCUT2D eigenvalue weighted by atomic mass is 14.8. The standard InChI is InChI=1S/C10H15N.H2/c1-8(2)9-5-4-6-10(7-9)11-3;/h4-8,11H,1-3H3;1H. The highest BCUT2D eigenvalue weighted by Crippen LogP contribution is 2.17. The lowest BCUT2D eigenvalue weighted by Crippen LogP contribution is -1.91. The summed E-state index contributed by atoms with van der Waals surface area (Å²) in [4.78, 5) is 0. The zero-order valence-electron chi connectivity index (χ0n) is 7.39. The molecule has 1 nitrogen and oxygen atoms in total. The molecule has 62 valence electrons. The third-order valence-electron chi connectivity index (χ3n) is 1.84. The van der Waals surface area contributed by atoms with E-state index in [0.29, 0.717) is 5.92 Å². The summed E-state index contributed by atoms with van der Waals surface area (Å²) in [5.41, 5.74) is 2.58. The van der Waals surface area contributed by atoms with Crippen molar-refractivity contribution in [1.82, 2.24) is 0 Å². The predicted molar refractivity (Wildman–Crippen MR) is 52.2 cm³/mol. The molecule has 1 rings (SSSR count). The summed E-state index contributed by atoms with van der Waals surface area (Å²) in [7, 11) is 1.94. The van der Waals surface area contributed by atoms with Crippen LogP contribution in [0.25, 0.3) is 0 Å². The van der Waals surface area contributed by atoms with Crippen LogP contribution < -0.4 is 5.32 Å². The van der Waals surface area contributed by atoms with Gasteiger partial charge >= 0.3 is 0 Å². The van der Waals surface area contributed by atoms with E-state index in [9.17, 15) is 0 Å². The van der Waals surface area contributed by atoms with Crippen LogP contribution in [0, 0.1) is 0 Å². The minimum Gasteiger partial charge on any atom is -0.388 e. The molecule has 0 spiro atoms. The van der Waals surface area contributed by atoms with Gasteiger partial charge in [-0.15, -0.1) is 0 Å². The van der Waals surface area contributed by atoms with Gasteiger partial charge in [0.2, 0.25) is 0 Å². The fraction of sp³-hybridized carbons (Fsp3) is 0.400. The number of benzene rings is 1. The Hall–Kier alpha value is -0.980. The molecule has 0 amide bonds. The quantitative estimate of drug-likeness (QED) is 0.685. The van der Waals surface area contributed by atoms with Crippen LogP contribution in [0.15, 0.2) is 24.3 Å². The van der Waals surface area contributed by atoms with Crippen molar-refractivity contribution in [3.63, 3.8) is 0 Å². The minimum atomic E-state index is 0. The second-order valence-electron chi connectivity index (χ2n) is 3.03. The van der Waals surface area contributed by atoms with Crippen LogP contribution >= 0.6 is 0 Å². The number of hydrogen-bond acceptors (Lipinski definition) is 1. The lowest BCUT2D eigenvalue weighted by molar-refractivity contribution is 0.867. The zero-order chi connectivity index (χ0) is 8.27. The Balaban J connectivity index is 0.00000121. The van der Waals surface area contributed by atoms with Gasteiger partial charge in [0.05, 0.1) is 0 Å². The van der Waals surface area contributed by atoms with Crippen LogP contribution in [-0.2, 0) is 0 Å². The SMILES string of the molecule is CNc1cccc(C(C)C)c1.[HH]. The maximum Gasteiger partial charge on any atom is 0.0340 e. The van der Waals surface area contributed by atoms with E-state index < -0.39 is 0 Å². The van der Waals surface area contributed by atoms with Crippen LogP contribution in [0.5, 0.6) is 0 Å². The van der Waals surface area contributed by atoms with Crippen LogP contribution in [-0.4, -0.2) is 7.05 Å². The summed E-state index contributed by atoms with van der Waals surface area (Å²) in [6.45, 7) is 4.41. The molecular weight excluding hydrogens is 134 g/mol. The Labute approximate surface area is 69.9 Å². The summed E-state index contributed by atoms with van der Waals surface area (Å²) in [5, 5.41) is 3.12. The number of hydrogen-bond donors (Lipinski definition) is 1. The summed E-state index contributed by atoms with van der Waals surface area (Å²) in [6, 6.07) is 8.50. The van der Waals surface area contributed by atoms with Gasteiger partial charge in [-0.25, -0.2) is 0 Å². The van der Waals surface area contributed by atoms with E-state index in [1.165, 1.54) is 11.3 Å². The van der Waals surface area contributed by atoms with Crippen LogP contribution in [0.2, 0.25) is 0 Å². The van der Waals surface area contributed by atoms with Gasteiger partial charge in [0.1, 0.15) is 0 Å². The first kappa shape index (κ1) is 8.12. The molecule has 0 radical (unpaired) electrons. The monoisotopic (exact) mass is 151 g/mol. The summed E-state index contributed by atoms with van der Waals surface area (Å²) >= 11 is 0. The molecule has 1 aromatic rings. The first-order valence-corrected chi connectivity index (χ1v) is 4.01. The second kappa shape index (κ2) is 3.42. The van der Waals surface area contributed by atoms with Gasteiger partial charge < -0.3 is 5.32 Å². The smallest absolute Gasteiger partial charge is 0.0340 e. The average Bonchev–Trinajstić information content (AvgIpc) is 2.05. The highest BCUT2D eigenvalue weighted by molar-refractivity contribution is 5.45. The Kier molecular flexibility index (Phi) is 2.53. The first-order valence-electron chi connectivity index (χ1n) is 4.01. The summed E-state index contributed by atoms with van der Waals surface area (Å²) in [5.74, 6) is 0.614. The van der Waals surface area contributed by atoms with Gasteiger partial charge in [-0.05, 0) is 23.6 Å². The molecule has 0 saturated heterocycles. The Morgan fingerprint density at radius 1 is 1.36 bits per heavy atom. The van der Waals surface area contributed by atoms with Crippen molar-refractivity contribution in [2.75, 3.05) is 12.4 Å². The lowest BCUT2D eigenvalue weighted by Gasteiger charge is -2.06. The Bertz CT molecular complexity index is 233. The molecule has 0 aliphatic heterocycles. The van der Waals surface area contributed by atoms with Gasteiger partial charge in [0.25, 0.3) is 0 Å². The second-order valence-corrected chi connectivity index (χ2v) is 3.03. The maximum atomic E-state index is 3.12. The minimum absolute atomic E-state index is 0. The van der Waals surface area contributed by atoms with Gasteiger partial charge in [-0.3, -0.25) is 0 Å². The summed E-state index contributed by atoms with van der Waals surface area (Å²) < 4.78 is 0. The van der Waals surface area contributed by atoms with E-state index >= 15 is 0 Å². The maximum absolute atomic E-state index is 3.12. The van der Waals surface area contributed by atoms with Gasteiger partial charge in [-0.1, -0.05) is 26.0 Å². The molecule has 1 heteroatoms. The topological polar surface area (TPSA) is 12.0 Å². The van der Waals surface area contributed by atoms with E-state index in [2.05, 4.69) is 43.4 Å². The molecule has 0 heterocycles. The van der Waals surface area contributed by atoms with E-state index in [1.54, 1.807) is 0 Å². The van der Waals surface area contributed by atoms with Crippen LogP contribution in [0.1, 0.15) is 26.8 Å². The Morgan fingerprint density at radius 2 is 2.09 bits per heavy atom. The largest absolute Gasteiger partial charge is 0.388 e. The third kappa shape index (κ3) is 1.97. The normalized spacial score (nSPS) is 10.2. The van der Waals surface area contributed by atoms with Crippen LogP contribution in [0.4, 0.5) is 5.69 Å². The summed E-state index contributed by atoms with van der Waals surface area (Å²) in [6.07, 6.45) is 0. The van der Waals surface area contributed by atoms with E-state index in [1.807, 2.05) is 7.05 Å². The molecule has 1 N–H and O–H groups in total. The van der Waals surface area contributed by atoms with Gasteiger partial charge in [-0.2, -0.15) is 0 Å². The fourth-order valence-electron chi connectivity index (χ4n) is 1.05. The van der Waals surface area contributed by atoms with Crippen molar-refractivity contribution in [3.05, 3.63) is 29.8 Å². The average molecular weight is 151 g/mol. The van der Waals surface area contributed by atoms with Gasteiger partial charge in [0.15, 0.2) is 0 Å². The fourth-order valence-corrected chi connectivity index (χ4v) is 1.05. The molecule has 1 aromatic carbocycles. The molecule has 0 bridgehead atoms. The molecule has 0 aliphatic carbocycles.